The topological polar surface area (TPSA) is 225 Å². The van der Waals surface area contributed by atoms with Crippen molar-refractivity contribution in [2.24, 2.45) is 5.73 Å². The summed E-state index contributed by atoms with van der Waals surface area (Å²) in [5.41, 5.74) is 5.99. The van der Waals surface area contributed by atoms with Gasteiger partial charge in [0.1, 0.15) is 18.1 Å². The minimum absolute atomic E-state index is 0.0437. The van der Waals surface area contributed by atoms with Gasteiger partial charge in [0.25, 0.3) is 0 Å². The minimum Gasteiger partial charge on any atom is -0.481 e. The number of nitrogens with two attached hydrogens (primary N) is 1. The summed E-state index contributed by atoms with van der Waals surface area (Å²) in [6.07, 6.45) is -1.81. The summed E-state index contributed by atoms with van der Waals surface area (Å²) in [5, 5.41) is 33.9. The Labute approximate surface area is 194 Å². The summed E-state index contributed by atoms with van der Waals surface area (Å²) in [6.45, 7) is -0.397. The van der Waals surface area contributed by atoms with Crippen LogP contribution < -0.4 is 21.7 Å². The predicted molar refractivity (Wildman–Crippen MR) is 116 cm³/mol. The number of benzene rings is 1. The van der Waals surface area contributed by atoms with Crippen LogP contribution in [-0.4, -0.2) is 75.6 Å². The zero-order valence-corrected chi connectivity index (χ0v) is 18.2. The molecule has 0 aromatic heterocycles. The van der Waals surface area contributed by atoms with Gasteiger partial charge in [0.2, 0.25) is 17.7 Å². The van der Waals surface area contributed by atoms with Crippen LogP contribution in [0.5, 0.6) is 0 Å². The van der Waals surface area contributed by atoms with E-state index in [1.54, 1.807) is 30.3 Å². The van der Waals surface area contributed by atoms with Crippen LogP contribution in [0, 0.1) is 0 Å². The second kappa shape index (κ2) is 14.2. The Morgan fingerprint density at radius 3 is 1.74 bits per heavy atom. The molecule has 0 saturated heterocycles. The zero-order chi connectivity index (χ0) is 25.7. The second-order valence-corrected chi connectivity index (χ2v) is 7.34. The fourth-order valence-corrected chi connectivity index (χ4v) is 2.92. The number of hydrogen-bond acceptors (Lipinski definition) is 7. The molecule has 34 heavy (non-hydrogen) atoms. The molecule has 0 saturated carbocycles. The van der Waals surface area contributed by atoms with Crippen molar-refractivity contribution in [3.05, 3.63) is 35.9 Å². The van der Waals surface area contributed by atoms with Gasteiger partial charge in [-0.05, 0) is 18.4 Å². The molecule has 3 atom stereocenters. The first kappa shape index (κ1) is 28.0. The van der Waals surface area contributed by atoms with E-state index in [1.807, 2.05) is 0 Å². The van der Waals surface area contributed by atoms with Crippen molar-refractivity contribution < 1.29 is 44.1 Å². The molecule has 13 heteroatoms. The average molecular weight is 480 g/mol. The summed E-state index contributed by atoms with van der Waals surface area (Å²) in [4.78, 5) is 70.5. The third-order valence-electron chi connectivity index (χ3n) is 4.66. The zero-order valence-electron chi connectivity index (χ0n) is 18.2. The fourth-order valence-electron chi connectivity index (χ4n) is 2.92. The molecule has 0 bridgehead atoms. The summed E-state index contributed by atoms with van der Waals surface area (Å²) >= 11 is 0. The molecule has 0 aliphatic rings. The Morgan fingerprint density at radius 1 is 0.735 bits per heavy atom. The first-order valence-corrected chi connectivity index (χ1v) is 10.3. The second-order valence-electron chi connectivity index (χ2n) is 7.34. The highest BCUT2D eigenvalue weighted by Gasteiger charge is 2.30. The van der Waals surface area contributed by atoms with E-state index in [0.29, 0.717) is 5.56 Å². The van der Waals surface area contributed by atoms with Gasteiger partial charge in [0.15, 0.2) is 0 Å². The maximum Gasteiger partial charge on any atom is 0.326 e. The number of carboxylic acid groups (broad SMARTS) is 3. The van der Waals surface area contributed by atoms with Crippen molar-refractivity contribution in [3.63, 3.8) is 0 Å². The van der Waals surface area contributed by atoms with Gasteiger partial charge >= 0.3 is 17.9 Å². The first-order valence-electron chi connectivity index (χ1n) is 10.3. The van der Waals surface area contributed by atoms with Gasteiger partial charge in [-0.3, -0.25) is 24.0 Å². The van der Waals surface area contributed by atoms with Gasteiger partial charge in [-0.2, -0.15) is 0 Å². The lowest BCUT2D eigenvalue weighted by Crippen LogP contribution is -2.56. The summed E-state index contributed by atoms with van der Waals surface area (Å²) in [7, 11) is 0. The number of rotatable bonds is 15. The van der Waals surface area contributed by atoms with Crippen molar-refractivity contribution in [1.82, 2.24) is 16.0 Å². The third kappa shape index (κ3) is 10.5. The number of hydrogen-bond donors (Lipinski definition) is 7. The van der Waals surface area contributed by atoms with E-state index >= 15 is 0 Å². The van der Waals surface area contributed by atoms with Gasteiger partial charge in [-0.15, -0.1) is 0 Å². The largest absolute Gasteiger partial charge is 0.481 e. The van der Waals surface area contributed by atoms with E-state index < -0.39 is 79.6 Å². The Hall–Kier alpha value is -4.00. The maximum atomic E-state index is 12.9. The number of carboxylic acids is 3. The maximum absolute atomic E-state index is 12.9. The fraction of sp³-hybridized carbons (Fsp3) is 0.429. The average Bonchev–Trinajstić information content (AvgIpc) is 2.78. The van der Waals surface area contributed by atoms with Gasteiger partial charge < -0.3 is 37.0 Å². The quantitative estimate of drug-likeness (QED) is 0.153. The van der Waals surface area contributed by atoms with Gasteiger partial charge in [0, 0.05) is 19.3 Å². The molecule has 8 N–H and O–H groups in total. The summed E-state index contributed by atoms with van der Waals surface area (Å²) < 4.78 is 0. The number of carbonyl (C=O) groups is 6. The van der Waals surface area contributed by atoms with E-state index in [9.17, 15) is 33.9 Å². The van der Waals surface area contributed by atoms with Gasteiger partial charge in [0.05, 0.1) is 6.54 Å². The van der Waals surface area contributed by atoms with Gasteiger partial charge in [-0.1, -0.05) is 30.3 Å². The molecular weight excluding hydrogens is 452 g/mol. The molecule has 0 aliphatic carbocycles. The first-order chi connectivity index (χ1) is 16.0. The molecule has 13 nitrogen and oxygen atoms in total. The van der Waals surface area contributed by atoms with E-state index in [1.165, 1.54) is 0 Å². The minimum atomic E-state index is -1.56. The SMILES string of the molecule is NCC(=O)NC(Cc1ccccc1)C(=O)NC(CCC(=O)O)C(=O)NC(CCC(=O)O)C(=O)O. The van der Waals surface area contributed by atoms with Crippen LogP contribution in [0.15, 0.2) is 30.3 Å². The van der Waals surface area contributed by atoms with E-state index in [-0.39, 0.29) is 12.8 Å². The number of aliphatic carboxylic acids is 3. The van der Waals surface area contributed by atoms with Crippen LogP contribution in [-0.2, 0) is 35.2 Å². The van der Waals surface area contributed by atoms with Crippen LogP contribution in [0.1, 0.15) is 31.2 Å². The lowest BCUT2D eigenvalue weighted by Gasteiger charge is -2.24. The van der Waals surface area contributed by atoms with Crippen molar-refractivity contribution in [2.75, 3.05) is 6.54 Å². The smallest absolute Gasteiger partial charge is 0.326 e. The standard InChI is InChI=1S/C21H28N4O9/c22-11-16(26)23-15(10-12-4-2-1-3-5-12)20(32)24-13(6-8-17(27)28)19(31)25-14(21(33)34)7-9-18(29)30/h1-5,13-15H,6-11,22H2,(H,23,26)(H,24,32)(H,25,31)(H,27,28)(H,29,30)(H,33,34). The van der Waals surface area contributed by atoms with Crippen LogP contribution in [0.2, 0.25) is 0 Å². The summed E-state index contributed by atoms with van der Waals surface area (Å²) in [6, 6.07) is 4.45. The van der Waals surface area contributed by atoms with Crippen molar-refractivity contribution in [2.45, 2.75) is 50.2 Å². The monoisotopic (exact) mass is 480 g/mol. The van der Waals surface area contributed by atoms with Crippen LogP contribution in [0.25, 0.3) is 0 Å². The molecule has 0 radical (unpaired) electrons. The Kier molecular flexibility index (Phi) is 11.7. The molecule has 0 spiro atoms. The third-order valence-corrected chi connectivity index (χ3v) is 4.66. The highest BCUT2D eigenvalue weighted by molar-refractivity contribution is 5.94. The van der Waals surface area contributed by atoms with E-state index in [0.717, 1.165) is 0 Å². The number of nitrogens with one attached hydrogen (secondary N) is 3. The Bertz CT molecular complexity index is 891. The molecule has 1 rings (SSSR count). The van der Waals surface area contributed by atoms with Crippen LogP contribution >= 0.6 is 0 Å². The normalized spacial score (nSPS) is 13.1. The van der Waals surface area contributed by atoms with Crippen molar-refractivity contribution in [3.8, 4) is 0 Å². The van der Waals surface area contributed by atoms with Crippen LogP contribution in [0.3, 0.4) is 0 Å². The predicted octanol–water partition coefficient (Wildman–Crippen LogP) is -1.54. The van der Waals surface area contributed by atoms with Gasteiger partial charge in [-0.25, -0.2) is 4.79 Å². The van der Waals surface area contributed by atoms with E-state index in [2.05, 4.69) is 16.0 Å². The summed E-state index contributed by atoms with van der Waals surface area (Å²) in [5.74, 6) is -6.47. The van der Waals surface area contributed by atoms with Crippen molar-refractivity contribution >= 4 is 35.6 Å². The van der Waals surface area contributed by atoms with Crippen molar-refractivity contribution in [1.29, 1.82) is 0 Å². The molecule has 0 heterocycles. The molecule has 3 unspecified atom stereocenters. The number of carbonyl (C=O) groups excluding carboxylic acids is 3. The Balaban J connectivity index is 3.03. The molecule has 3 amide bonds. The molecular formula is C21H28N4O9. The molecule has 0 fully saturated rings. The Morgan fingerprint density at radius 2 is 1.24 bits per heavy atom. The molecule has 0 aliphatic heterocycles. The van der Waals surface area contributed by atoms with Crippen LogP contribution in [0.4, 0.5) is 0 Å². The highest BCUT2D eigenvalue weighted by Crippen LogP contribution is 2.07. The highest BCUT2D eigenvalue weighted by atomic mass is 16.4. The van der Waals surface area contributed by atoms with E-state index in [4.69, 9.17) is 15.9 Å². The molecule has 186 valence electrons. The number of amides is 3. The lowest BCUT2D eigenvalue weighted by atomic mass is 10.0. The lowest BCUT2D eigenvalue weighted by molar-refractivity contribution is -0.144. The molecule has 1 aromatic carbocycles. The molecule has 1 aromatic rings.